The number of amides is 1. The summed E-state index contributed by atoms with van der Waals surface area (Å²) in [5.74, 6) is -0.645. The van der Waals surface area contributed by atoms with Gasteiger partial charge in [0.15, 0.2) is 5.69 Å². The van der Waals surface area contributed by atoms with Gasteiger partial charge in [-0.15, -0.1) is 0 Å². The third-order valence-corrected chi connectivity index (χ3v) is 4.28. The van der Waals surface area contributed by atoms with Crippen LogP contribution >= 0.6 is 0 Å². The summed E-state index contributed by atoms with van der Waals surface area (Å²) in [5, 5.41) is 18.2. The van der Waals surface area contributed by atoms with E-state index in [0.29, 0.717) is 5.69 Å². The van der Waals surface area contributed by atoms with Gasteiger partial charge in [0.1, 0.15) is 5.69 Å². The van der Waals surface area contributed by atoms with Crippen LogP contribution in [0.2, 0.25) is 0 Å². The number of nitrogens with one attached hydrogen (secondary N) is 1. The first-order valence-corrected chi connectivity index (χ1v) is 8.59. The lowest BCUT2D eigenvalue weighted by atomic mass is 10.1. The summed E-state index contributed by atoms with van der Waals surface area (Å²) in [6.07, 6.45) is 0. The highest BCUT2D eigenvalue weighted by atomic mass is 16.6. The van der Waals surface area contributed by atoms with Gasteiger partial charge in [-0.1, -0.05) is 42.5 Å². The molecule has 1 amide bonds. The minimum atomic E-state index is -0.645. The molecule has 142 valence electrons. The van der Waals surface area contributed by atoms with Gasteiger partial charge in [0, 0.05) is 17.8 Å². The summed E-state index contributed by atoms with van der Waals surface area (Å²) >= 11 is 0. The smallest absolute Gasteiger partial charge is 0.294 e. The van der Waals surface area contributed by atoms with Crippen molar-refractivity contribution in [2.75, 3.05) is 0 Å². The van der Waals surface area contributed by atoms with Crippen LogP contribution in [0.25, 0.3) is 5.69 Å². The standard InChI is InChI=1S/C20H18N4O4/c1-13-12-18(25)19(20(26)21-14(2)15-8-4-3-5-9-15)22-23(13)16-10-6-7-11-17(16)24(27)28/h3-12,14H,1-2H3,(H,21,26)/t14-/m1/s1. The number of para-hydroxylation sites is 2. The minimum Gasteiger partial charge on any atom is -0.344 e. The molecule has 1 atom stereocenters. The Balaban J connectivity index is 2.00. The third kappa shape index (κ3) is 3.80. The number of rotatable bonds is 5. The number of hydrogen-bond acceptors (Lipinski definition) is 5. The Kier molecular flexibility index (Phi) is 5.30. The Morgan fingerprint density at radius 2 is 1.79 bits per heavy atom. The molecular weight excluding hydrogens is 360 g/mol. The number of nitro groups is 1. The Bertz CT molecular complexity index is 1090. The average Bonchev–Trinajstić information content (AvgIpc) is 2.68. The van der Waals surface area contributed by atoms with Crippen LogP contribution in [0.3, 0.4) is 0 Å². The van der Waals surface area contributed by atoms with Gasteiger partial charge in [0.05, 0.1) is 11.0 Å². The van der Waals surface area contributed by atoms with E-state index in [-0.39, 0.29) is 23.1 Å². The zero-order valence-corrected chi connectivity index (χ0v) is 15.3. The van der Waals surface area contributed by atoms with E-state index in [1.165, 1.54) is 28.9 Å². The SMILES string of the molecule is Cc1cc(=O)c(C(=O)N[C@H](C)c2ccccc2)nn1-c1ccccc1[N+](=O)[O-]. The molecule has 0 aliphatic carbocycles. The number of aryl methyl sites for hydroxylation is 1. The lowest BCUT2D eigenvalue weighted by molar-refractivity contribution is -0.384. The van der Waals surface area contributed by atoms with E-state index in [9.17, 15) is 19.7 Å². The van der Waals surface area contributed by atoms with E-state index in [1.807, 2.05) is 30.3 Å². The molecule has 0 unspecified atom stereocenters. The quantitative estimate of drug-likeness (QED) is 0.542. The second-order valence-electron chi connectivity index (χ2n) is 6.26. The fraction of sp³-hybridized carbons (Fsp3) is 0.150. The maximum atomic E-state index is 12.6. The van der Waals surface area contributed by atoms with Gasteiger partial charge in [0.2, 0.25) is 5.43 Å². The summed E-state index contributed by atoms with van der Waals surface area (Å²) in [6.45, 7) is 3.39. The summed E-state index contributed by atoms with van der Waals surface area (Å²) in [6, 6.07) is 16.2. The largest absolute Gasteiger partial charge is 0.344 e. The van der Waals surface area contributed by atoms with E-state index >= 15 is 0 Å². The number of carbonyl (C=O) groups excluding carboxylic acids is 1. The highest BCUT2D eigenvalue weighted by molar-refractivity contribution is 5.92. The average molecular weight is 378 g/mol. The van der Waals surface area contributed by atoms with E-state index in [4.69, 9.17) is 0 Å². The maximum Gasteiger partial charge on any atom is 0.294 e. The number of nitro benzene ring substituents is 1. The molecular formula is C20H18N4O4. The van der Waals surface area contributed by atoms with Gasteiger partial charge in [-0.25, -0.2) is 4.68 Å². The van der Waals surface area contributed by atoms with Crippen molar-refractivity contribution in [3.8, 4) is 5.69 Å². The summed E-state index contributed by atoms with van der Waals surface area (Å²) < 4.78 is 1.24. The lowest BCUT2D eigenvalue weighted by Crippen LogP contribution is -2.33. The van der Waals surface area contributed by atoms with Gasteiger partial charge in [-0.2, -0.15) is 5.10 Å². The molecule has 0 saturated carbocycles. The van der Waals surface area contributed by atoms with Gasteiger partial charge < -0.3 is 5.32 Å². The first-order chi connectivity index (χ1) is 13.4. The van der Waals surface area contributed by atoms with Gasteiger partial charge in [-0.3, -0.25) is 19.7 Å². The number of benzene rings is 2. The van der Waals surface area contributed by atoms with Crippen LogP contribution in [0.15, 0.2) is 65.5 Å². The fourth-order valence-corrected chi connectivity index (χ4v) is 2.84. The third-order valence-electron chi connectivity index (χ3n) is 4.28. The van der Waals surface area contributed by atoms with E-state index < -0.39 is 16.3 Å². The number of nitrogens with zero attached hydrogens (tertiary/aromatic N) is 3. The molecule has 3 rings (SSSR count). The highest BCUT2D eigenvalue weighted by Gasteiger charge is 2.21. The lowest BCUT2D eigenvalue weighted by Gasteiger charge is -2.15. The van der Waals surface area contributed by atoms with Gasteiger partial charge in [0.25, 0.3) is 11.6 Å². The topological polar surface area (TPSA) is 107 Å². The Hall–Kier alpha value is -3.81. The van der Waals surface area contributed by atoms with E-state index in [0.717, 1.165) is 5.56 Å². The highest BCUT2D eigenvalue weighted by Crippen LogP contribution is 2.22. The second kappa shape index (κ2) is 7.83. The van der Waals surface area contributed by atoms with Crippen molar-refractivity contribution in [2.45, 2.75) is 19.9 Å². The Morgan fingerprint density at radius 1 is 1.14 bits per heavy atom. The van der Waals surface area contributed by atoms with Gasteiger partial charge >= 0.3 is 0 Å². The molecule has 0 aliphatic heterocycles. The Morgan fingerprint density at radius 3 is 2.46 bits per heavy atom. The predicted octanol–water partition coefficient (Wildman–Crippen LogP) is 2.94. The fourth-order valence-electron chi connectivity index (χ4n) is 2.84. The molecule has 1 N–H and O–H groups in total. The molecule has 8 nitrogen and oxygen atoms in total. The van der Waals surface area contributed by atoms with Crippen molar-refractivity contribution in [1.82, 2.24) is 15.1 Å². The number of aromatic nitrogens is 2. The summed E-state index contributed by atoms with van der Waals surface area (Å²) in [5.41, 5.74) is 0.381. The van der Waals surface area contributed by atoms with Crippen LogP contribution in [0.4, 0.5) is 5.69 Å². The van der Waals surface area contributed by atoms with Crippen LogP contribution in [0, 0.1) is 17.0 Å². The van der Waals surface area contributed by atoms with Crippen LogP contribution in [0.5, 0.6) is 0 Å². The zero-order chi connectivity index (χ0) is 20.3. The molecule has 0 bridgehead atoms. The van der Waals surface area contributed by atoms with Crippen molar-refractivity contribution in [3.05, 3.63) is 98.0 Å². The van der Waals surface area contributed by atoms with Crippen LogP contribution in [-0.4, -0.2) is 20.6 Å². The van der Waals surface area contributed by atoms with Crippen molar-refractivity contribution in [2.24, 2.45) is 0 Å². The van der Waals surface area contributed by atoms with Gasteiger partial charge in [-0.05, 0) is 25.5 Å². The molecule has 0 radical (unpaired) electrons. The molecule has 1 heterocycles. The molecule has 0 aliphatic rings. The summed E-state index contributed by atoms with van der Waals surface area (Å²) in [4.78, 5) is 35.8. The first kappa shape index (κ1) is 19.0. The minimum absolute atomic E-state index is 0.175. The van der Waals surface area contributed by atoms with E-state index in [2.05, 4.69) is 10.4 Å². The first-order valence-electron chi connectivity index (χ1n) is 8.59. The molecule has 0 spiro atoms. The Labute approximate surface area is 160 Å². The second-order valence-corrected chi connectivity index (χ2v) is 6.26. The van der Waals surface area contributed by atoms with Crippen molar-refractivity contribution >= 4 is 11.6 Å². The monoisotopic (exact) mass is 378 g/mol. The number of carbonyl (C=O) groups is 1. The molecule has 28 heavy (non-hydrogen) atoms. The van der Waals surface area contributed by atoms with Crippen molar-refractivity contribution in [1.29, 1.82) is 0 Å². The molecule has 2 aromatic carbocycles. The van der Waals surface area contributed by atoms with Crippen molar-refractivity contribution in [3.63, 3.8) is 0 Å². The molecule has 1 aromatic heterocycles. The molecule has 8 heteroatoms. The van der Waals surface area contributed by atoms with E-state index in [1.54, 1.807) is 19.9 Å². The normalized spacial score (nSPS) is 11.6. The molecule has 3 aromatic rings. The zero-order valence-electron chi connectivity index (χ0n) is 15.3. The predicted molar refractivity (Wildman–Crippen MR) is 104 cm³/mol. The van der Waals surface area contributed by atoms with Crippen LogP contribution in [0.1, 0.15) is 34.7 Å². The maximum absolute atomic E-state index is 12.6. The van der Waals surface area contributed by atoms with Crippen LogP contribution < -0.4 is 10.7 Å². The summed E-state index contributed by atoms with van der Waals surface area (Å²) in [7, 11) is 0. The molecule has 0 saturated heterocycles. The van der Waals surface area contributed by atoms with Crippen LogP contribution in [-0.2, 0) is 0 Å². The number of hydrogen-bond donors (Lipinski definition) is 1. The molecule has 0 fully saturated rings. The van der Waals surface area contributed by atoms with Crippen molar-refractivity contribution < 1.29 is 9.72 Å².